The van der Waals surface area contributed by atoms with Crippen LogP contribution in [-0.2, 0) is 6.42 Å². The van der Waals surface area contributed by atoms with E-state index >= 15 is 0 Å². The highest BCUT2D eigenvalue weighted by Crippen LogP contribution is 2.34. The number of ether oxygens (including phenoxy) is 1. The Balaban J connectivity index is 2.08. The molecule has 1 aliphatic carbocycles. The number of rotatable bonds is 6. The Kier molecular flexibility index (Phi) is 4.46. The van der Waals surface area contributed by atoms with Crippen molar-refractivity contribution in [2.45, 2.75) is 38.6 Å². The minimum absolute atomic E-state index is 0.215. The highest BCUT2D eigenvalue weighted by atomic mass is 79.9. The van der Waals surface area contributed by atoms with Gasteiger partial charge >= 0.3 is 0 Å². The summed E-state index contributed by atoms with van der Waals surface area (Å²) < 4.78 is 6.98. The molecule has 0 amide bonds. The molecule has 3 heteroatoms. The van der Waals surface area contributed by atoms with Gasteiger partial charge in [0.1, 0.15) is 5.75 Å². The molecular weight excluding hydrogens is 278 g/mol. The standard InChI is InChI=1S/C14H20BrNO/c1-2-12(16)8-11-4-3-5-13(15)14(11)17-9-10-6-7-10/h3-5,10,12H,2,6-9,16H2,1H3. The van der Waals surface area contributed by atoms with Crippen molar-refractivity contribution in [2.75, 3.05) is 6.61 Å². The lowest BCUT2D eigenvalue weighted by Gasteiger charge is -2.15. The third kappa shape index (κ3) is 3.71. The van der Waals surface area contributed by atoms with Crippen LogP contribution in [0.4, 0.5) is 0 Å². The first-order valence-corrected chi connectivity index (χ1v) is 7.15. The van der Waals surface area contributed by atoms with Gasteiger partial charge in [-0.15, -0.1) is 0 Å². The van der Waals surface area contributed by atoms with Crippen LogP contribution in [0.15, 0.2) is 22.7 Å². The van der Waals surface area contributed by atoms with E-state index in [2.05, 4.69) is 28.9 Å². The summed E-state index contributed by atoms with van der Waals surface area (Å²) in [6.07, 6.45) is 4.51. The molecule has 0 heterocycles. The summed E-state index contributed by atoms with van der Waals surface area (Å²) >= 11 is 3.56. The van der Waals surface area contributed by atoms with Gasteiger partial charge in [0.05, 0.1) is 11.1 Å². The van der Waals surface area contributed by atoms with Crippen LogP contribution in [-0.4, -0.2) is 12.6 Å². The SMILES string of the molecule is CCC(N)Cc1cccc(Br)c1OCC1CC1. The van der Waals surface area contributed by atoms with Gasteiger partial charge in [0.15, 0.2) is 0 Å². The third-order valence-electron chi connectivity index (χ3n) is 3.22. The Morgan fingerprint density at radius 1 is 1.47 bits per heavy atom. The van der Waals surface area contributed by atoms with E-state index in [1.807, 2.05) is 12.1 Å². The summed E-state index contributed by atoms with van der Waals surface area (Å²) in [6.45, 7) is 2.96. The fourth-order valence-electron chi connectivity index (χ4n) is 1.79. The van der Waals surface area contributed by atoms with Crippen molar-refractivity contribution in [3.8, 4) is 5.75 Å². The third-order valence-corrected chi connectivity index (χ3v) is 3.84. The molecule has 0 aromatic heterocycles. The number of hydrogen-bond donors (Lipinski definition) is 1. The lowest BCUT2D eigenvalue weighted by Crippen LogP contribution is -2.21. The molecule has 94 valence electrons. The monoisotopic (exact) mass is 297 g/mol. The van der Waals surface area contributed by atoms with Gasteiger partial charge in [-0.2, -0.15) is 0 Å². The second-order valence-corrected chi connectivity index (χ2v) is 5.71. The zero-order chi connectivity index (χ0) is 12.3. The van der Waals surface area contributed by atoms with E-state index in [4.69, 9.17) is 10.5 Å². The molecule has 1 aliphatic rings. The number of para-hydroxylation sites is 1. The molecule has 1 aromatic carbocycles. The Morgan fingerprint density at radius 3 is 2.88 bits per heavy atom. The Morgan fingerprint density at radius 2 is 2.24 bits per heavy atom. The maximum absolute atomic E-state index is 6.02. The fourth-order valence-corrected chi connectivity index (χ4v) is 2.31. The summed E-state index contributed by atoms with van der Waals surface area (Å²) in [5, 5.41) is 0. The molecule has 0 radical (unpaired) electrons. The topological polar surface area (TPSA) is 35.2 Å². The fraction of sp³-hybridized carbons (Fsp3) is 0.571. The largest absolute Gasteiger partial charge is 0.492 e. The van der Waals surface area contributed by atoms with E-state index in [0.717, 1.165) is 35.6 Å². The highest BCUT2D eigenvalue weighted by Gasteiger charge is 2.23. The highest BCUT2D eigenvalue weighted by molar-refractivity contribution is 9.10. The van der Waals surface area contributed by atoms with E-state index in [1.54, 1.807) is 0 Å². The van der Waals surface area contributed by atoms with Gasteiger partial charge in [-0.05, 0) is 59.2 Å². The van der Waals surface area contributed by atoms with Crippen LogP contribution < -0.4 is 10.5 Å². The van der Waals surface area contributed by atoms with E-state index in [0.29, 0.717) is 0 Å². The first-order chi connectivity index (χ1) is 8.20. The molecule has 0 spiro atoms. The molecule has 1 unspecified atom stereocenters. The lowest BCUT2D eigenvalue weighted by molar-refractivity contribution is 0.294. The summed E-state index contributed by atoms with van der Waals surface area (Å²) in [5.74, 6) is 1.76. The first-order valence-electron chi connectivity index (χ1n) is 6.36. The second-order valence-electron chi connectivity index (χ2n) is 4.85. The summed E-state index contributed by atoms with van der Waals surface area (Å²) in [4.78, 5) is 0. The van der Waals surface area contributed by atoms with Crippen molar-refractivity contribution in [1.82, 2.24) is 0 Å². The van der Waals surface area contributed by atoms with Crippen LogP contribution in [0.1, 0.15) is 31.7 Å². The normalized spacial score (nSPS) is 16.9. The van der Waals surface area contributed by atoms with Gasteiger partial charge in [0.2, 0.25) is 0 Å². The van der Waals surface area contributed by atoms with Gasteiger partial charge in [0, 0.05) is 6.04 Å². The minimum Gasteiger partial charge on any atom is -0.492 e. The van der Waals surface area contributed by atoms with Gasteiger partial charge in [-0.3, -0.25) is 0 Å². The van der Waals surface area contributed by atoms with Gasteiger partial charge in [-0.1, -0.05) is 19.1 Å². The van der Waals surface area contributed by atoms with Crippen molar-refractivity contribution in [2.24, 2.45) is 11.7 Å². The minimum atomic E-state index is 0.215. The summed E-state index contributed by atoms with van der Waals surface area (Å²) in [5.41, 5.74) is 7.24. The van der Waals surface area contributed by atoms with Crippen LogP contribution in [0, 0.1) is 5.92 Å². The first kappa shape index (κ1) is 12.9. The van der Waals surface area contributed by atoms with E-state index < -0.39 is 0 Å². The van der Waals surface area contributed by atoms with Crippen LogP contribution in [0.25, 0.3) is 0 Å². The lowest BCUT2D eigenvalue weighted by atomic mass is 10.0. The zero-order valence-corrected chi connectivity index (χ0v) is 11.9. The molecule has 1 atom stereocenters. The number of benzene rings is 1. The number of nitrogens with two attached hydrogens (primary N) is 1. The van der Waals surface area contributed by atoms with Gasteiger partial charge in [-0.25, -0.2) is 0 Å². The average Bonchev–Trinajstić information content (AvgIpc) is 3.12. The summed E-state index contributed by atoms with van der Waals surface area (Å²) in [7, 11) is 0. The van der Waals surface area contributed by atoms with E-state index in [1.165, 1.54) is 18.4 Å². The van der Waals surface area contributed by atoms with E-state index in [9.17, 15) is 0 Å². The van der Waals surface area contributed by atoms with Crippen molar-refractivity contribution < 1.29 is 4.74 Å². The summed E-state index contributed by atoms with van der Waals surface area (Å²) in [6, 6.07) is 6.41. The second kappa shape index (κ2) is 5.87. The number of halogens is 1. The molecule has 17 heavy (non-hydrogen) atoms. The Hall–Kier alpha value is -0.540. The smallest absolute Gasteiger partial charge is 0.136 e. The quantitative estimate of drug-likeness (QED) is 0.872. The van der Waals surface area contributed by atoms with Crippen LogP contribution >= 0.6 is 15.9 Å². The maximum Gasteiger partial charge on any atom is 0.136 e. The molecule has 0 bridgehead atoms. The average molecular weight is 298 g/mol. The zero-order valence-electron chi connectivity index (χ0n) is 10.3. The Labute approximate surface area is 112 Å². The molecule has 1 fully saturated rings. The maximum atomic E-state index is 6.02. The molecule has 2 rings (SSSR count). The Bertz CT molecular complexity index is 376. The molecule has 1 aromatic rings. The van der Waals surface area contributed by atoms with E-state index in [-0.39, 0.29) is 6.04 Å². The molecule has 0 saturated heterocycles. The van der Waals surface area contributed by atoms with Crippen molar-refractivity contribution in [3.05, 3.63) is 28.2 Å². The number of hydrogen-bond acceptors (Lipinski definition) is 2. The van der Waals surface area contributed by atoms with Crippen molar-refractivity contribution in [3.63, 3.8) is 0 Å². The molecule has 1 saturated carbocycles. The van der Waals surface area contributed by atoms with Gasteiger partial charge < -0.3 is 10.5 Å². The molecule has 2 N–H and O–H groups in total. The van der Waals surface area contributed by atoms with Crippen LogP contribution in [0.5, 0.6) is 5.75 Å². The van der Waals surface area contributed by atoms with Crippen LogP contribution in [0.3, 0.4) is 0 Å². The molecular formula is C14H20BrNO. The van der Waals surface area contributed by atoms with Crippen molar-refractivity contribution in [1.29, 1.82) is 0 Å². The van der Waals surface area contributed by atoms with Gasteiger partial charge in [0.25, 0.3) is 0 Å². The predicted molar refractivity (Wildman–Crippen MR) is 74.3 cm³/mol. The van der Waals surface area contributed by atoms with Crippen LogP contribution in [0.2, 0.25) is 0 Å². The molecule has 2 nitrogen and oxygen atoms in total. The molecule has 0 aliphatic heterocycles. The van der Waals surface area contributed by atoms with Crippen molar-refractivity contribution >= 4 is 15.9 Å². The predicted octanol–water partition coefficient (Wildman–Crippen LogP) is 3.52.